The van der Waals surface area contributed by atoms with Crippen molar-refractivity contribution in [2.75, 3.05) is 6.26 Å². The molecule has 0 aliphatic heterocycles. The highest BCUT2D eigenvalue weighted by atomic mass is 32.2. The van der Waals surface area contributed by atoms with Crippen LogP contribution in [-0.2, 0) is 28.1 Å². The first-order valence-corrected chi connectivity index (χ1v) is 9.81. The average molecular weight is 398 g/mol. The predicted molar refractivity (Wildman–Crippen MR) is 100 cm³/mol. The standard InChI is InChI=1S/C17H19FN2O2.CH4O3S/c1-12(17(19)21)20-10-13-4-8-16(9-5-13)22-11-14-2-6-15(18)7-3-14;1-5(2,3)4/h2-9,12,20H,10-11H2,1H3,(H2,19,21);1H3,(H,2,3,4)/t12-;/m0./s1. The van der Waals surface area contributed by atoms with Crippen LogP contribution in [0.4, 0.5) is 4.39 Å². The van der Waals surface area contributed by atoms with Gasteiger partial charge in [-0.25, -0.2) is 4.39 Å². The summed E-state index contributed by atoms with van der Waals surface area (Å²) < 4.78 is 44.3. The van der Waals surface area contributed by atoms with Crippen molar-refractivity contribution in [3.05, 3.63) is 65.5 Å². The van der Waals surface area contributed by atoms with Gasteiger partial charge in [-0.1, -0.05) is 24.3 Å². The molecule has 0 heterocycles. The van der Waals surface area contributed by atoms with Gasteiger partial charge in [0.1, 0.15) is 18.2 Å². The molecule has 0 fully saturated rings. The van der Waals surface area contributed by atoms with Crippen LogP contribution in [0.1, 0.15) is 18.1 Å². The van der Waals surface area contributed by atoms with E-state index < -0.39 is 10.1 Å². The summed E-state index contributed by atoms with van der Waals surface area (Å²) >= 11 is 0. The lowest BCUT2D eigenvalue weighted by molar-refractivity contribution is -0.119. The van der Waals surface area contributed by atoms with Crippen molar-refractivity contribution in [2.24, 2.45) is 5.73 Å². The largest absolute Gasteiger partial charge is 0.489 e. The second-order valence-electron chi connectivity index (χ2n) is 5.80. The van der Waals surface area contributed by atoms with Gasteiger partial charge in [-0.2, -0.15) is 8.42 Å². The Morgan fingerprint density at radius 1 is 1.15 bits per heavy atom. The lowest BCUT2D eigenvalue weighted by Crippen LogP contribution is -2.38. The second kappa shape index (κ2) is 10.6. The van der Waals surface area contributed by atoms with Gasteiger partial charge in [-0.05, 0) is 42.3 Å². The zero-order valence-corrected chi connectivity index (χ0v) is 15.9. The van der Waals surface area contributed by atoms with Gasteiger partial charge in [-0.15, -0.1) is 0 Å². The van der Waals surface area contributed by atoms with E-state index in [0.717, 1.165) is 16.9 Å². The summed E-state index contributed by atoms with van der Waals surface area (Å²) in [5.41, 5.74) is 7.12. The number of primary amides is 1. The summed E-state index contributed by atoms with van der Waals surface area (Å²) in [6, 6.07) is 13.4. The summed E-state index contributed by atoms with van der Waals surface area (Å²) in [6.45, 7) is 2.67. The third-order valence-electron chi connectivity index (χ3n) is 3.28. The SMILES string of the molecule is CS(=O)(=O)O.C[C@H](NCc1ccc(OCc2ccc(F)cc2)cc1)C(N)=O. The number of carbonyl (C=O) groups is 1. The molecule has 4 N–H and O–H groups in total. The molecule has 9 heteroatoms. The molecule has 0 spiro atoms. The van der Waals surface area contributed by atoms with Crippen molar-refractivity contribution in [1.82, 2.24) is 5.32 Å². The van der Waals surface area contributed by atoms with Gasteiger partial charge < -0.3 is 15.8 Å². The summed E-state index contributed by atoms with van der Waals surface area (Å²) in [5, 5.41) is 3.03. The highest BCUT2D eigenvalue weighted by Crippen LogP contribution is 2.14. The molecule has 2 aromatic rings. The van der Waals surface area contributed by atoms with E-state index in [9.17, 15) is 17.6 Å². The molecular formula is C18H23FN2O5S. The molecule has 0 aromatic heterocycles. The smallest absolute Gasteiger partial charge is 0.261 e. The number of halogens is 1. The minimum absolute atomic E-state index is 0.259. The van der Waals surface area contributed by atoms with E-state index in [0.29, 0.717) is 19.4 Å². The van der Waals surface area contributed by atoms with Gasteiger partial charge in [0.15, 0.2) is 0 Å². The van der Waals surface area contributed by atoms with Gasteiger partial charge >= 0.3 is 0 Å². The molecule has 2 aromatic carbocycles. The average Bonchev–Trinajstić information content (AvgIpc) is 2.58. The molecule has 1 amide bonds. The van der Waals surface area contributed by atoms with Gasteiger partial charge in [0.05, 0.1) is 12.3 Å². The number of hydrogen-bond donors (Lipinski definition) is 3. The van der Waals surface area contributed by atoms with Crippen molar-refractivity contribution in [3.8, 4) is 5.75 Å². The Morgan fingerprint density at radius 3 is 2.11 bits per heavy atom. The molecule has 0 aliphatic rings. The molecule has 0 saturated carbocycles. The number of nitrogens with one attached hydrogen (secondary N) is 1. The van der Waals surface area contributed by atoms with Crippen LogP contribution in [0.25, 0.3) is 0 Å². The Kier molecular flexibility index (Phi) is 8.86. The van der Waals surface area contributed by atoms with Crippen LogP contribution in [0.2, 0.25) is 0 Å². The fourth-order valence-electron chi connectivity index (χ4n) is 1.82. The Balaban J connectivity index is 0.000000646. The fourth-order valence-corrected chi connectivity index (χ4v) is 1.82. The van der Waals surface area contributed by atoms with Crippen LogP contribution in [0.15, 0.2) is 48.5 Å². The third-order valence-corrected chi connectivity index (χ3v) is 3.28. The number of amides is 1. The van der Waals surface area contributed by atoms with E-state index >= 15 is 0 Å². The van der Waals surface area contributed by atoms with E-state index in [2.05, 4.69) is 5.32 Å². The lowest BCUT2D eigenvalue weighted by atomic mass is 10.2. The van der Waals surface area contributed by atoms with E-state index in [1.807, 2.05) is 24.3 Å². The van der Waals surface area contributed by atoms with Crippen molar-refractivity contribution in [3.63, 3.8) is 0 Å². The van der Waals surface area contributed by atoms with E-state index in [-0.39, 0.29) is 17.8 Å². The zero-order chi connectivity index (χ0) is 20.4. The molecule has 2 rings (SSSR count). The van der Waals surface area contributed by atoms with Gasteiger partial charge in [-0.3, -0.25) is 9.35 Å². The van der Waals surface area contributed by atoms with Crippen molar-refractivity contribution < 1.29 is 26.9 Å². The Bertz CT molecular complexity index is 816. The highest BCUT2D eigenvalue weighted by molar-refractivity contribution is 7.85. The van der Waals surface area contributed by atoms with Crippen molar-refractivity contribution in [2.45, 2.75) is 26.1 Å². The van der Waals surface area contributed by atoms with Crippen molar-refractivity contribution >= 4 is 16.0 Å². The topological polar surface area (TPSA) is 119 Å². The van der Waals surface area contributed by atoms with Gasteiger partial charge in [0, 0.05) is 6.54 Å². The molecule has 0 aliphatic carbocycles. The van der Waals surface area contributed by atoms with Crippen molar-refractivity contribution in [1.29, 1.82) is 0 Å². The summed E-state index contributed by atoms with van der Waals surface area (Å²) in [5.74, 6) is 0.0982. The second-order valence-corrected chi connectivity index (χ2v) is 7.26. The quantitative estimate of drug-likeness (QED) is 0.613. The summed E-state index contributed by atoms with van der Waals surface area (Å²) in [4.78, 5) is 10.9. The first-order chi connectivity index (χ1) is 12.5. The van der Waals surface area contributed by atoms with Crippen LogP contribution >= 0.6 is 0 Å². The highest BCUT2D eigenvalue weighted by Gasteiger charge is 2.07. The Hall–Kier alpha value is -2.49. The molecule has 148 valence electrons. The number of benzene rings is 2. The van der Waals surface area contributed by atoms with E-state index in [1.165, 1.54) is 12.1 Å². The van der Waals surface area contributed by atoms with Crippen LogP contribution in [0.3, 0.4) is 0 Å². The maximum Gasteiger partial charge on any atom is 0.261 e. The normalized spacial score (nSPS) is 11.9. The monoisotopic (exact) mass is 398 g/mol. The predicted octanol–water partition coefficient (Wildman–Crippen LogP) is 1.87. The van der Waals surface area contributed by atoms with E-state index in [4.69, 9.17) is 15.0 Å². The maximum absolute atomic E-state index is 12.8. The van der Waals surface area contributed by atoms with Crippen LogP contribution in [-0.4, -0.2) is 31.2 Å². The van der Waals surface area contributed by atoms with Crippen LogP contribution in [0, 0.1) is 5.82 Å². The number of nitrogens with two attached hydrogens (primary N) is 1. The minimum atomic E-state index is -3.67. The number of carbonyl (C=O) groups excluding carboxylic acids is 1. The number of ether oxygens (including phenoxy) is 1. The summed E-state index contributed by atoms with van der Waals surface area (Å²) in [6.07, 6.45) is 0.715. The zero-order valence-electron chi connectivity index (χ0n) is 15.1. The molecule has 1 atom stereocenters. The lowest BCUT2D eigenvalue weighted by Gasteiger charge is -2.11. The molecule has 0 saturated heterocycles. The van der Waals surface area contributed by atoms with Crippen LogP contribution in [0.5, 0.6) is 5.75 Å². The Morgan fingerprint density at radius 2 is 1.63 bits per heavy atom. The molecule has 0 radical (unpaired) electrons. The minimum Gasteiger partial charge on any atom is -0.489 e. The molecule has 7 nitrogen and oxygen atoms in total. The summed E-state index contributed by atoms with van der Waals surface area (Å²) in [7, 11) is -3.67. The maximum atomic E-state index is 12.8. The Labute approximate surface area is 158 Å². The van der Waals surface area contributed by atoms with Gasteiger partial charge in [0.25, 0.3) is 10.1 Å². The molecule has 0 bridgehead atoms. The van der Waals surface area contributed by atoms with Gasteiger partial charge in [0.2, 0.25) is 5.91 Å². The molecule has 27 heavy (non-hydrogen) atoms. The third kappa shape index (κ3) is 11.0. The van der Waals surface area contributed by atoms with Crippen LogP contribution < -0.4 is 15.8 Å². The fraction of sp³-hybridized carbons (Fsp3) is 0.278. The molecular weight excluding hydrogens is 375 g/mol. The number of hydrogen-bond acceptors (Lipinski definition) is 5. The first-order valence-electron chi connectivity index (χ1n) is 7.96. The first kappa shape index (κ1) is 22.6. The molecule has 0 unspecified atom stereocenters. The number of rotatable bonds is 7. The van der Waals surface area contributed by atoms with E-state index in [1.54, 1.807) is 19.1 Å².